The van der Waals surface area contributed by atoms with Crippen LogP contribution in [0.5, 0.6) is 0 Å². The number of hydrogen-bond acceptors (Lipinski definition) is 2. The van der Waals surface area contributed by atoms with E-state index in [2.05, 4.69) is 45.0 Å². The summed E-state index contributed by atoms with van der Waals surface area (Å²) in [6.07, 6.45) is 3.11. The smallest absolute Gasteiger partial charge is 0.268 e. The molecule has 21 heavy (non-hydrogen) atoms. The summed E-state index contributed by atoms with van der Waals surface area (Å²) in [5.41, 5.74) is 4.97. The summed E-state index contributed by atoms with van der Waals surface area (Å²) in [6.45, 7) is 7.18. The van der Waals surface area contributed by atoms with Gasteiger partial charge in [0.05, 0.1) is 4.88 Å². The first-order valence-corrected chi connectivity index (χ1v) is 8.42. The topological polar surface area (TPSA) is 20.3 Å². The molecule has 0 saturated carbocycles. The first-order valence-electron chi connectivity index (χ1n) is 7.61. The molecule has 0 unspecified atom stereocenters. The Kier molecular flexibility index (Phi) is 3.85. The van der Waals surface area contributed by atoms with Gasteiger partial charge in [0.2, 0.25) is 0 Å². The Morgan fingerprint density at radius 1 is 1.29 bits per heavy atom. The Bertz CT molecular complexity index is 687. The van der Waals surface area contributed by atoms with E-state index in [1.807, 2.05) is 4.90 Å². The van der Waals surface area contributed by atoms with Crippen molar-refractivity contribution in [1.82, 2.24) is 0 Å². The summed E-state index contributed by atoms with van der Waals surface area (Å²) in [5.74, 6) is 0.160. The number of amides is 1. The first kappa shape index (κ1) is 14.3. The Morgan fingerprint density at radius 2 is 2.10 bits per heavy atom. The molecule has 1 aliphatic rings. The van der Waals surface area contributed by atoms with Crippen LogP contribution in [0.4, 0.5) is 5.69 Å². The highest BCUT2D eigenvalue weighted by Crippen LogP contribution is 2.31. The lowest BCUT2D eigenvalue weighted by molar-refractivity contribution is 0.0989. The molecule has 0 atom stereocenters. The van der Waals surface area contributed by atoms with Crippen molar-refractivity contribution in [2.45, 2.75) is 40.0 Å². The van der Waals surface area contributed by atoms with Gasteiger partial charge in [-0.15, -0.1) is 11.3 Å². The fraction of sp³-hybridized carbons (Fsp3) is 0.389. The number of hydrogen-bond donors (Lipinski definition) is 0. The Morgan fingerprint density at radius 3 is 2.81 bits per heavy atom. The molecule has 0 radical (unpaired) electrons. The summed E-state index contributed by atoms with van der Waals surface area (Å²) in [7, 11) is 0. The average molecular weight is 299 g/mol. The van der Waals surface area contributed by atoms with Crippen LogP contribution in [-0.2, 0) is 12.8 Å². The minimum absolute atomic E-state index is 0.160. The number of anilines is 1. The van der Waals surface area contributed by atoms with Crippen LogP contribution >= 0.6 is 11.3 Å². The quantitative estimate of drug-likeness (QED) is 0.798. The van der Waals surface area contributed by atoms with Gasteiger partial charge in [-0.05, 0) is 56.4 Å². The highest BCUT2D eigenvalue weighted by molar-refractivity contribution is 7.14. The second-order valence-electron chi connectivity index (χ2n) is 5.74. The summed E-state index contributed by atoms with van der Waals surface area (Å²) in [6, 6.07) is 8.49. The minimum Gasteiger partial charge on any atom is -0.307 e. The molecule has 1 aliphatic heterocycles. The maximum Gasteiger partial charge on any atom is 0.268 e. The second kappa shape index (κ2) is 5.64. The van der Waals surface area contributed by atoms with E-state index in [0.29, 0.717) is 0 Å². The number of aryl methyl sites for hydroxylation is 4. The van der Waals surface area contributed by atoms with Crippen LogP contribution in [0, 0.1) is 13.8 Å². The summed E-state index contributed by atoms with van der Waals surface area (Å²) in [5, 5.41) is 0. The van der Waals surface area contributed by atoms with Gasteiger partial charge in [-0.25, -0.2) is 0 Å². The standard InChI is InChI=1S/C18H21NOS/c1-4-14-11-17(21-13(14)3)18(20)19-9-5-6-15-10-12(2)7-8-16(15)19/h7-8,10-11H,4-6,9H2,1-3H3. The highest BCUT2D eigenvalue weighted by Gasteiger charge is 2.25. The third-order valence-electron chi connectivity index (χ3n) is 4.21. The van der Waals surface area contributed by atoms with E-state index in [0.717, 1.165) is 36.4 Å². The molecule has 0 spiro atoms. The molecule has 1 aromatic heterocycles. The van der Waals surface area contributed by atoms with Crippen molar-refractivity contribution in [3.63, 3.8) is 0 Å². The Hall–Kier alpha value is -1.61. The lowest BCUT2D eigenvalue weighted by Crippen LogP contribution is -2.35. The molecular formula is C18H21NOS. The molecule has 3 rings (SSSR count). The van der Waals surface area contributed by atoms with Crippen LogP contribution in [0.15, 0.2) is 24.3 Å². The zero-order chi connectivity index (χ0) is 15.0. The lowest BCUT2D eigenvalue weighted by Gasteiger charge is -2.29. The van der Waals surface area contributed by atoms with Gasteiger partial charge in [-0.1, -0.05) is 24.6 Å². The number of benzene rings is 1. The van der Waals surface area contributed by atoms with Gasteiger partial charge >= 0.3 is 0 Å². The van der Waals surface area contributed by atoms with Crippen molar-refractivity contribution in [2.24, 2.45) is 0 Å². The third-order valence-corrected chi connectivity index (χ3v) is 5.29. The molecule has 1 aromatic carbocycles. The maximum absolute atomic E-state index is 12.9. The first-order chi connectivity index (χ1) is 10.1. The molecule has 0 bridgehead atoms. The van der Waals surface area contributed by atoms with Crippen molar-refractivity contribution in [3.05, 3.63) is 50.7 Å². The molecule has 2 aromatic rings. The summed E-state index contributed by atoms with van der Waals surface area (Å²) in [4.78, 5) is 17.0. The van der Waals surface area contributed by atoms with E-state index in [4.69, 9.17) is 0 Å². The predicted octanol–water partition coefficient (Wildman–Crippen LogP) is 4.52. The van der Waals surface area contributed by atoms with Gasteiger partial charge in [0.15, 0.2) is 0 Å². The highest BCUT2D eigenvalue weighted by atomic mass is 32.1. The third kappa shape index (κ3) is 2.62. The molecule has 0 aliphatic carbocycles. The largest absolute Gasteiger partial charge is 0.307 e. The van der Waals surface area contributed by atoms with Gasteiger partial charge in [0.1, 0.15) is 0 Å². The van der Waals surface area contributed by atoms with E-state index in [-0.39, 0.29) is 5.91 Å². The molecule has 0 N–H and O–H groups in total. The lowest BCUT2D eigenvalue weighted by atomic mass is 9.99. The van der Waals surface area contributed by atoms with Crippen LogP contribution in [-0.4, -0.2) is 12.5 Å². The molecule has 2 nitrogen and oxygen atoms in total. The summed E-state index contributed by atoms with van der Waals surface area (Å²) >= 11 is 1.63. The van der Waals surface area contributed by atoms with Crippen LogP contribution in [0.1, 0.15) is 44.6 Å². The number of nitrogens with zero attached hydrogens (tertiary/aromatic N) is 1. The van der Waals surface area contributed by atoms with E-state index in [9.17, 15) is 4.79 Å². The Balaban J connectivity index is 1.96. The molecule has 0 saturated heterocycles. The molecule has 2 heterocycles. The van der Waals surface area contributed by atoms with E-state index < -0.39 is 0 Å². The number of carbonyl (C=O) groups excluding carboxylic acids is 1. The normalized spacial score (nSPS) is 14.1. The van der Waals surface area contributed by atoms with E-state index in [1.165, 1.54) is 21.6 Å². The number of thiophene rings is 1. The van der Waals surface area contributed by atoms with Crippen molar-refractivity contribution in [1.29, 1.82) is 0 Å². The van der Waals surface area contributed by atoms with Crippen molar-refractivity contribution in [3.8, 4) is 0 Å². The van der Waals surface area contributed by atoms with Gasteiger partial charge in [0, 0.05) is 17.1 Å². The number of rotatable bonds is 2. The van der Waals surface area contributed by atoms with Crippen LogP contribution in [0.2, 0.25) is 0 Å². The molecule has 110 valence electrons. The minimum atomic E-state index is 0.160. The van der Waals surface area contributed by atoms with Crippen LogP contribution in [0.25, 0.3) is 0 Å². The SMILES string of the molecule is CCc1cc(C(=O)N2CCCc3cc(C)ccc32)sc1C. The summed E-state index contributed by atoms with van der Waals surface area (Å²) < 4.78 is 0. The number of fused-ring (bicyclic) bond motifs is 1. The van der Waals surface area contributed by atoms with Gasteiger partial charge in [-0.2, -0.15) is 0 Å². The zero-order valence-corrected chi connectivity index (χ0v) is 13.7. The molecule has 3 heteroatoms. The van der Waals surface area contributed by atoms with Crippen LogP contribution < -0.4 is 4.90 Å². The van der Waals surface area contributed by atoms with Gasteiger partial charge in [-0.3, -0.25) is 4.79 Å². The Labute approximate surface area is 130 Å². The second-order valence-corrected chi connectivity index (χ2v) is 6.99. The molecule has 0 fully saturated rings. The fourth-order valence-electron chi connectivity index (χ4n) is 3.05. The van der Waals surface area contributed by atoms with Crippen molar-refractivity contribution < 1.29 is 4.79 Å². The zero-order valence-electron chi connectivity index (χ0n) is 12.9. The number of carbonyl (C=O) groups is 1. The predicted molar refractivity (Wildman–Crippen MR) is 89.6 cm³/mol. The van der Waals surface area contributed by atoms with Crippen molar-refractivity contribution in [2.75, 3.05) is 11.4 Å². The maximum atomic E-state index is 12.9. The average Bonchev–Trinajstić information content (AvgIpc) is 2.86. The van der Waals surface area contributed by atoms with Gasteiger partial charge in [0.25, 0.3) is 5.91 Å². The van der Waals surface area contributed by atoms with Crippen LogP contribution in [0.3, 0.4) is 0 Å². The monoisotopic (exact) mass is 299 g/mol. The van der Waals surface area contributed by atoms with Crippen molar-refractivity contribution >= 4 is 22.9 Å². The fourth-order valence-corrected chi connectivity index (χ4v) is 4.11. The molecular weight excluding hydrogens is 278 g/mol. The van der Waals surface area contributed by atoms with E-state index in [1.54, 1.807) is 11.3 Å². The van der Waals surface area contributed by atoms with E-state index >= 15 is 0 Å². The van der Waals surface area contributed by atoms with Gasteiger partial charge < -0.3 is 4.90 Å². The molecule has 1 amide bonds.